The van der Waals surface area contributed by atoms with Crippen molar-refractivity contribution in [3.63, 3.8) is 0 Å². The smallest absolute Gasteiger partial charge is 0.134 e. The maximum absolute atomic E-state index is 12.7. The highest BCUT2D eigenvalue weighted by molar-refractivity contribution is 7.90. The molecule has 0 aromatic heterocycles. The van der Waals surface area contributed by atoms with E-state index in [9.17, 15) is 4.21 Å². The second kappa shape index (κ2) is 8.57. The molecule has 1 heterocycles. The molecule has 0 saturated heterocycles. The van der Waals surface area contributed by atoms with Crippen molar-refractivity contribution in [3.05, 3.63) is 88.9 Å². The lowest BCUT2D eigenvalue weighted by molar-refractivity contribution is 0.657. The highest BCUT2D eigenvalue weighted by Gasteiger charge is 2.20. The SMILES string of the molecule is N=S(=O)(NCCCN1c2ccccc2CCc2ccc(Cl)cc21)c1ccccc1. The van der Waals surface area contributed by atoms with Crippen LogP contribution in [-0.2, 0) is 22.8 Å². The fourth-order valence-electron chi connectivity index (χ4n) is 3.77. The van der Waals surface area contributed by atoms with Crippen molar-refractivity contribution in [2.24, 2.45) is 0 Å². The molecule has 1 aliphatic rings. The van der Waals surface area contributed by atoms with E-state index in [1.165, 1.54) is 16.8 Å². The van der Waals surface area contributed by atoms with Gasteiger partial charge in [0.2, 0.25) is 0 Å². The van der Waals surface area contributed by atoms with Gasteiger partial charge in [0.15, 0.2) is 0 Å². The van der Waals surface area contributed by atoms with E-state index in [0.29, 0.717) is 11.4 Å². The Kier molecular flexibility index (Phi) is 5.90. The molecule has 0 saturated carbocycles. The summed E-state index contributed by atoms with van der Waals surface area (Å²) >= 11 is 6.31. The Morgan fingerprint density at radius 3 is 2.41 bits per heavy atom. The van der Waals surface area contributed by atoms with E-state index >= 15 is 0 Å². The van der Waals surface area contributed by atoms with Crippen LogP contribution in [0.4, 0.5) is 11.4 Å². The zero-order valence-electron chi connectivity index (χ0n) is 16.1. The molecule has 1 atom stereocenters. The monoisotopic (exact) mass is 425 g/mol. The molecule has 4 nitrogen and oxygen atoms in total. The van der Waals surface area contributed by atoms with Gasteiger partial charge in [-0.25, -0.2) is 13.7 Å². The van der Waals surface area contributed by atoms with Gasteiger partial charge in [-0.15, -0.1) is 0 Å². The van der Waals surface area contributed by atoms with Crippen molar-refractivity contribution in [2.75, 3.05) is 18.0 Å². The summed E-state index contributed by atoms with van der Waals surface area (Å²) < 4.78 is 23.8. The summed E-state index contributed by atoms with van der Waals surface area (Å²) in [4.78, 5) is 2.82. The highest BCUT2D eigenvalue weighted by atomic mass is 35.5. The zero-order valence-corrected chi connectivity index (χ0v) is 17.7. The van der Waals surface area contributed by atoms with Crippen LogP contribution in [0.5, 0.6) is 0 Å². The number of nitrogens with one attached hydrogen (secondary N) is 2. The molecule has 0 fully saturated rings. The predicted molar refractivity (Wildman–Crippen MR) is 120 cm³/mol. The first-order chi connectivity index (χ1) is 14.0. The molecule has 6 heteroatoms. The van der Waals surface area contributed by atoms with Crippen LogP contribution >= 0.6 is 11.6 Å². The number of nitrogens with zero attached hydrogens (tertiary/aromatic N) is 1. The fourth-order valence-corrected chi connectivity index (χ4v) is 5.08. The van der Waals surface area contributed by atoms with Crippen LogP contribution in [0.2, 0.25) is 5.02 Å². The van der Waals surface area contributed by atoms with Gasteiger partial charge in [-0.3, -0.25) is 0 Å². The average molecular weight is 426 g/mol. The number of hydrogen-bond acceptors (Lipinski definition) is 3. The Hall–Kier alpha value is -2.34. The lowest BCUT2D eigenvalue weighted by Crippen LogP contribution is -2.27. The molecule has 0 spiro atoms. The predicted octanol–water partition coefficient (Wildman–Crippen LogP) is 5.58. The summed E-state index contributed by atoms with van der Waals surface area (Å²) in [5.41, 5.74) is 4.94. The minimum Gasteiger partial charge on any atom is -0.341 e. The average Bonchev–Trinajstić information content (AvgIpc) is 2.88. The number of fused-ring (bicyclic) bond motifs is 2. The van der Waals surface area contributed by atoms with E-state index in [1.54, 1.807) is 24.3 Å². The van der Waals surface area contributed by atoms with Crippen molar-refractivity contribution in [1.29, 1.82) is 4.78 Å². The van der Waals surface area contributed by atoms with Crippen LogP contribution in [0.1, 0.15) is 17.5 Å². The second-order valence-electron chi connectivity index (χ2n) is 7.17. The molecule has 29 heavy (non-hydrogen) atoms. The van der Waals surface area contributed by atoms with Crippen LogP contribution in [-0.4, -0.2) is 17.3 Å². The maximum atomic E-state index is 12.7. The Labute approximate surface area is 177 Å². The molecule has 3 aromatic carbocycles. The molecular weight excluding hydrogens is 402 g/mol. The number of anilines is 2. The lowest BCUT2D eigenvalue weighted by Gasteiger charge is -2.27. The van der Waals surface area contributed by atoms with Crippen LogP contribution in [0.3, 0.4) is 0 Å². The summed E-state index contributed by atoms with van der Waals surface area (Å²) in [5.74, 6) is 0. The Balaban J connectivity index is 1.52. The molecule has 0 aliphatic carbocycles. The zero-order chi connectivity index (χ0) is 20.3. The number of para-hydroxylation sites is 1. The summed E-state index contributed by atoms with van der Waals surface area (Å²) in [6.45, 7) is 1.24. The van der Waals surface area contributed by atoms with E-state index in [0.717, 1.165) is 36.5 Å². The summed E-state index contributed by atoms with van der Waals surface area (Å²) in [5, 5.41) is 0.726. The summed E-state index contributed by atoms with van der Waals surface area (Å²) in [6.07, 6.45) is 2.73. The minimum atomic E-state index is -2.99. The van der Waals surface area contributed by atoms with E-state index in [-0.39, 0.29) is 0 Å². The van der Waals surface area contributed by atoms with Crippen molar-refractivity contribution in [1.82, 2.24) is 4.72 Å². The minimum absolute atomic E-state index is 0.492. The second-order valence-corrected chi connectivity index (χ2v) is 9.48. The van der Waals surface area contributed by atoms with Crippen LogP contribution in [0.25, 0.3) is 0 Å². The Bertz CT molecular complexity index is 1100. The third-order valence-corrected chi connectivity index (χ3v) is 7.00. The molecule has 3 aromatic rings. The first kappa shape index (κ1) is 20.0. The third kappa shape index (κ3) is 4.47. The number of hydrogen-bond donors (Lipinski definition) is 2. The fraction of sp³-hybridized carbons (Fsp3) is 0.217. The normalized spacial score (nSPS) is 15.1. The van der Waals surface area contributed by atoms with Gasteiger partial charge in [0.05, 0.1) is 4.90 Å². The van der Waals surface area contributed by atoms with Gasteiger partial charge in [0.25, 0.3) is 0 Å². The highest BCUT2D eigenvalue weighted by Crippen LogP contribution is 2.37. The molecule has 0 bridgehead atoms. The number of aryl methyl sites for hydroxylation is 2. The molecular formula is C23H24ClN3OS. The third-order valence-electron chi connectivity index (χ3n) is 5.22. The lowest BCUT2D eigenvalue weighted by atomic mass is 10.0. The van der Waals surface area contributed by atoms with E-state index in [2.05, 4.69) is 40.0 Å². The standard InChI is InChI=1S/C23H24ClN3OS/c24-20-14-13-19-12-11-18-7-4-5-10-22(18)27(23(19)17-20)16-6-15-26-29(25,28)21-8-2-1-3-9-21/h1-5,7-10,13-14,17H,6,11-12,15-16H2,(H2,25,26,28). The Morgan fingerprint density at radius 2 is 1.62 bits per heavy atom. The molecule has 4 rings (SSSR count). The quantitative estimate of drug-likeness (QED) is 0.506. The number of benzene rings is 3. The van der Waals surface area contributed by atoms with Crippen molar-refractivity contribution < 1.29 is 4.21 Å². The van der Waals surface area contributed by atoms with Crippen LogP contribution < -0.4 is 9.62 Å². The maximum Gasteiger partial charge on any atom is 0.134 e. The van der Waals surface area contributed by atoms with E-state index in [4.69, 9.17) is 16.4 Å². The molecule has 0 amide bonds. The summed E-state index contributed by atoms with van der Waals surface area (Å²) in [7, 11) is -2.99. The molecule has 1 aliphatic heterocycles. The van der Waals surface area contributed by atoms with Gasteiger partial charge >= 0.3 is 0 Å². The van der Waals surface area contributed by atoms with Gasteiger partial charge < -0.3 is 4.90 Å². The largest absolute Gasteiger partial charge is 0.341 e. The topological polar surface area (TPSA) is 56.2 Å². The van der Waals surface area contributed by atoms with Crippen molar-refractivity contribution in [2.45, 2.75) is 24.2 Å². The van der Waals surface area contributed by atoms with Crippen LogP contribution in [0.15, 0.2) is 77.7 Å². The van der Waals surface area contributed by atoms with Crippen molar-refractivity contribution in [3.8, 4) is 0 Å². The number of rotatable bonds is 6. The van der Waals surface area contributed by atoms with E-state index in [1.807, 2.05) is 18.2 Å². The van der Waals surface area contributed by atoms with Gasteiger partial charge in [-0.05, 0) is 60.7 Å². The molecule has 1 unspecified atom stereocenters. The molecule has 2 N–H and O–H groups in total. The molecule has 0 radical (unpaired) electrons. The summed E-state index contributed by atoms with van der Waals surface area (Å²) in [6, 6.07) is 23.5. The van der Waals surface area contributed by atoms with Gasteiger partial charge in [-0.1, -0.05) is 54.1 Å². The number of halogens is 1. The Morgan fingerprint density at radius 1 is 0.931 bits per heavy atom. The first-order valence-electron chi connectivity index (χ1n) is 9.77. The van der Waals surface area contributed by atoms with Gasteiger partial charge in [0, 0.05) is 29.5 Å². The van der Waals surface area contributed by atoms with Crippen molar-refractivity contribution >= 4 is 32.9 Å². The van der Waals surface area contributed by atoms with Gasteiger partial charge in [-0.2, -0.15) is 0 Å². The van der Waals surface area contributed by atoms with E-state index < -0.39 is 9.92 Å². The van der Waals surface area contributed by atoms with Crippen LogP contribution in [0, 0.1) is 4.78 Å². The van der Waals surface area contributed by atoms with Gasteiger partial charge in [0.1, 0.15) is 9.92 Å². The first-order valence-corrected chi connectivity index (χ1v) is 11.7. The molecule has 150 valence electrons.